The number of benzene rings is 1. The molecule has 7 nitrogen and oxygen atoms in total. The molecular formula is C22H35N3O4. The van der Waals surface area contributed by atoms with Crippen LogP contribution < -0.4 is 10.1 Å². The first-order valence-corrected chi connectivity index (χ1v) is 10.3. The van der Waals surface area contributed by atoms with Gasteiger partial charge in [0, 0.05) is 26.7 Å². The van der Waals surface area contributed by atoms with Crippen LogP contribution in [0.1, 0.15) is 46.1 Å². The summed E-state index contributed by atoms with van der Waals surface area (Å²) in [5.74, 6) is 0.899. The summed E-state index contributed by atoms with van der Waals surface area (Å²) in [5.41, 5.74) is 1.24. The number of nitrogens with one attached hydrogen (secondary N) is 1. The normalized spacial score (nSPS) is 16.9. The molecule has 7 heteroatoms. The number of hydrogen-bond acceptors (Lipinski definition) is 4. The summed E-state index contributed by atoms with van der Waals surface area (Å²) in [4.78, 5) is 28.4. The number of amides is 3. The van der Waals surface area contributed by atoms with Crippen LogP contribution in [-0.4, -0.2) is 60.8 Å². The van der Waals surface area contributed by atoms with E-state index in [-0.39, 0.29) is 18.0 Å². The SMILES string of the molecule is CCOc1cc(C)ccc1NC(=O)N1CCCC(CN(C)C(=O)OC(C)(C)C)C1. The molecule has 1 saturated heterocycles. The average Bonchev–Trinajstić information content (AvgIpc) is 2.63. The van der Waals surface area contributed by atoms with Crippen molar-refractivity contribution in [3.8, 4) is 5.75 Å². The van der Waals surface area contributed by atoms with Gasteiger partial charge in [0.2, 0.25) is 0 Å². The molecule has 162 valence electrons. The first-order valence-electron chi connectivity index (χ1n) is 10.3. The molecule has 1 aliphatic heterocycles. The number of urea groups is 1. The summed E-state index contributed by atoms with van der Waals surface area (Å²) in [6.07, 6.45) is 1.55. The van der Waals surface area contributed by atoms with Gasteiger partial charge in [-0.25, -0.2) is 9.59 Å². The lowest BCUT2D eigenvalue weighted by molar-refractivity contribution is 0.0253. The molecule has 0 aliphatic carbocycles. The molecule has 1 aromatic carbocycles. The second kappa shape index (κ2) is 9.85. The van der Waals surface area contributed by atoms with E-state index in [1.165, 1.54) is 0 Å². The van der Waals surface area contributed by atoms with E-state index in [4.69, 9.17) is 9.47 Å². The molecule has 1 heterocycles. The molecule has 1 aliphatic rings. The largest absolute Gasteiger partial charge is 0.492 e. The summed E-state index contributed by atoms with van der Waals surface area (Å²) in [6.45, 7) is 11.9. The van der Waals surface area contributed by atoms with Crippen LogP contribution in [0.2, 0.25) is 0 Å². The van der Waals surface area contributed by atoms with E-state index < -0.39 is 5.60 Å². The molecule has 1 fully saturated rings. The van der Waals surface area contributed by atoms with E-state index in [1.54, 1.807) is 11.9 Å². The molecule has 0 bridgehead atoms. The number of rotatable bonds is 5. The predicted molar refractivity (Wildman–Crippen MR) is 115 cm³/mol. The van der Waals surface area contributed by atoms with Crippen LogP contribution in [-0.2, 0) is 4.74 Å². The third kappa shape index (κ3) is 7.15. The summed E-state index contributed by atoms with van der Waals surface area (Å²) < 4.78 is 11.1. The van der Waals surface area contributed by atoms with Crippen molar-refractivity contribution < 1.29 is 19.1 Å². The van der Waals surface area contributed by atoms with Crippen LogP contribution >= 0.6 is 0 Å². The van der Waals surface area contributed by atoms with Crippen LogP contribution in [0.3, 0.4) is 0 Å². The number of carbonyl (C=O) groups excluding carboxylic acids is 2. The molecular weight excluding hydrogens is 370 g/mol. The number of carbonyl (C=O) groups is 2. The molecule has 1 N–H and O–H groups in total. The fourth-order valence-electron chi connectivity index (χ4n) is 3.40. The lowest BCUT2D eigenvalue weighted by Gasteiger charge is -2.35. The lowest BCUT2D eigenvalue weighted by Crippen LogP contribution is -2.46. The van der Waals surface area contributed by atoms with Gasteiger partial charge in [-0.1, -0.05) is 6.07 Å². The van der Waals surface area contributed by atoms with E-state index in [0.29, 0.717) is 37.7 Å². The van der Waals surface area contributed by atoms with E-state index >= 15 is 0 Å². The smallest absolute Gasteiger partial charge is 0.410 e. The highest BCUT2D eigenvalue weighted by molar-refractivity contribution is 5.91. The van der Waals surface area contributed by atoms with Gasteiger partial charge in [0.05, 0.1) is 12.3 Å². The monoisotopic (exact) mass is 405 g/mol. The number of likely N-dealkylation sites (tertiary alicyclic amines) is 1. The van der Waals surface area contributed by atoms with Gasteiger partial charge in [-0.2, -0.15) is 0 Å². The number of nitrogens with zero attached hydrogens (tertiary/aromatic N) is 2. The summed E-state index contributed by atoms with van der Waals surface area (Å²) >= 11 is 0. The summed E-state index contributed by atoms with van der Waals surface area (Å²) in [6, 6.07) is 5.61. The van der Waals surface area contributed by atoms with Crippen molar-refractivity contribution in [3.63, 3.8) is 0 Å². The molecule has 3 amide bonds. The third-order valence-corrected chi connectivity index (χ3v) is 4.72. The number of ether oxygens (including phenoxy) is 2. The Hall–Kier alpha value is -2.44. The molecule has 0 spiro atoms. The highest BCUT2D eigenvalue weighted by Crippen LogP contribution is 2.27. The number of aryl methyl sites for hydroxylation is 1. The van der Waals surface area contributed by atoms with Crippen molar-refractivity contribution in [2.45, 2.75) is 53.1 Å². The lowest BCUT2D eigenvalue weighted by atomic mass is 9.98. The van der Waals surface area contributed by atoms with Crippen LogP contribution in [0.4, 0.5) is 15.3 Å². The topological polar surface area (TPSA) is 71.1 Å². The second-order valence-electron chi connectivity index (χ2n) is 8.68. The Bertz CT molecular complexity index is 714. The van der Waals surface area contributed by atoms with Crippen LogP contribution in [0.5, 0.6) is 5.75 Å². The highest BCUT2D eigenvalue weighted by atomic mass is 16.6. The molecule has 29 heavy (non-hydrogen) atoms. The van der Waals surface area contributed by atoms with Crippen LogP contribution in [0.15, 0.2) is 18.2 Å². The minimum Gasteiger partial charge on any atom is -0.492 e. The fraction of sp³-hybridized carbons (Fsp3) is 0.636. The van der Waals surface area contributed by atoms with Gasteiger partial charge >= 0.3 is 12.1 Å². The van der Waals surface area contributed by atoms with E-state index in [2.05, 4.69) is 5.32 Å². The quantitative estimate of drug-likeness (QED) is 0.783. The fourth-order valence-corrected chi connectivity index (χ4v) is 3.40. The van der Waals surface area contributed by atoms with Gasteiger partial charge in [-0.15, -0.1) is 0 Å². The number of anilines is 1. The maximum absolute atomic E-state index is 12.8. The van der Waals surface area contributed by atoms with Crippen molar-refractivity contribution in [1.82, 2.24) is 9.80 Å². The first-order chi connectivity index (χ1) is 13.6. The Morgan fingerprint density at radius 2 is 2.03 bits per heavy atom. The van der Waals surface area contributed by atoms with Crippen LogP contribution in [0, 0.1) is 12.8 Å². The van der Waals surface area contributed by atoms with Gasteiger partial charge in [0.25, 0.3) is 0 Å². The Morgan fingerprint density at radius 1 is 1.31 bits per heavy atom. The zero-order valence-electron chi connectivity index (χ0n) is 18.6. The molecule has 1 unspecified atom stereocenters. The zero-order chi connectivity index (χ0) is 21.6. The van der Waals surface area contributed by atoms with Gasteiger partial charge in [-0.05, 0) is 71.1 Å². The van der Waals surface area contributed by atoms with E-state index in [9.17, 15) is 9.59 Å². The molecule has 0 saturated carbocycles. The molecule has 0 aromatic heterocycles. The van der Waals surface area contributed by atoms with Crippen molar-refractivity contribution in [3.05, 3.63) is 23.8 Å². The summed E-state index contributed by atoms with van der Waals surface area (Å²) in [5, 5.41) is 2.98. The van der Waals surface area contributed by atoms with Crippen molar-refractivity contribution >= 4 is 17.8 Å². The van der Waals surface area contributed by atoms with Crippen molar-refractivity contribution in [2.75, 3.05) is 38.6 Å². The molecule has 2 rings (SSSR count). The average molecular weight is 406 g/mol. The highest BCUT2D eigenvalue weighted by Gasteiger charge is 2.27. The minimum absolute atomic E-state index is 0.139. The number of hydrogen-bond donors (Lipinski definition) is 1. The number of piperidine rings is 1. The Kier molecular flexibility index (Phi) is 7.76. The van der Waals surface area contributed by atoms with Crippen molar-refractivity contribution in [2.24, 2.45) is 5.92 Å². The van der Waals surface area contributed by atoms with E-state index in [0.717, 1.165) is 18.4 Å². The zero-order valence-corrected chi connectivity index (χ0v) is 18.6. The maximum atomic E-state index is 12.8. The maximum Gasteiger partial charge on any atom is 0.410 e. The van der Waals surface area contributed by atoms with Gasteiger partial charge in [-0.3, -0.25) is 0 Å². The van der Waals surface area contributed by atoms with Crippen LogP contribution in [0.25, 0.3) is 0 Å². The minimum atomic E-state index is -0.518. The van der Waals surface area contributed by atoms with E-state index in [1.807, 2.05) is 57.7 Å². The van der Waals surface area contributed by atoms with Gasteiger partial charge < -0.3 is 24.6 Å². The molecule has 1 aromatic rings. The Morgan fingerprint density at radius 3 is 2.69 bits per heavy atom. The Labute approximate surface area is 174 Å². The predicted octanol–water partition coefficient (Wildman–Crippen LogP) is 4.50. The first kappa shape index (κ1) is 22.8. The van der Waals surface area contributed by atoms with Gasteiger partial charge in [0.1, 0.15) is 11.4 Å². The third-order valence-electron chi connectivity index (χ3n) is 4.72. The standard InChI is InChI=1S/C22H35N3O4/c1-7-28-19-13-16(2)10-11-18(19)23-20(26)25-12-8-9-17(15-25)14-24(6)21(27)29-22(3,4)5/h10-11,13,17H,7-9,12,14-15H2,1-6H3,(H,23,26). The second-order valence-corrected chi connectivity index (χ2v) is 8.68. The molecule has 1 atom stereocenters. The summed E-state index contributed by atoms with van der Waals surface area (Å²) in [7, 11) is 1.74. The Balaban J connectivity index is 1.95. The van der Waals surface area contributed by atoms with Crippen molar-refractivity contribution in [1.29, 1.82) is 0 Å². The van der Waals surface area contributed by atoms with Gasteiger partial charge in [0.15, 0.2) is 0 Å². The molecule has 0 radical (unpaired) electrons.